The van der Waals surface area contributed by atoms with Crippen molar-refractivity contribution in [2.45, 2.75) is 33.0 Å². The fraction of sp³-hybridized carbons (Fsp3) is 0.571. The van der Waals surface area contributed by atoms with Crippen LogP contribution in [0.4, 0.5) is 4.39 Å². The van der Waals surface area contributed by atoms with Crippen molar-refractivity contribution in [2.75, 3.05) is 13.2 Å². The summed E-state index contributed by atoms with van der Waals surface area (Å²) in [4.78, 5) is 0. The molecular weight excluding hydrogens is 346 g/mol. The Morgan fingerprint density at radius 3 is 2.61 bits per heavy atom. The summed E-state index contributed by atoms with van der Waals surface area (Å²) in [6.07, 6.45) is 1.43. The molecular formula is C14H18FIO2. The van der Waals surface area contributed by atoms with Crippen LogP contribution < -0.4 is 0 Å². The Balaban J connectivity index is 1.90. The van der Waals surface area contributed by atoms with Gasteiger partial charge in [-0.3, -0.25) is 0 Å². The first-order valence-electron chi connectivity index (χ1n) is 6.24. The normalized spacial score (nSPS) is 24.2. The van der Waals surface area contributed by atoms with Gasteiger partial charge in [0.2, 0.25) is 0 Å². The van der Waals surface area contributed by atoms with Gasteiger partial charge in [0.15, 0.2) is 6.29 Å². The van der Waals surface area contributed by atoms with Gasteiger partial charge in [0, 0.05) is 15.9 Å². The topological polar surface area (TPSA) is 18.5 Å². The van der Waals surface area contributed by atoms with Crippen LogP contribution in [0.1, 0.15) is 24.5 Å². The molecule has 0 N–H and O–H groups in total. The first-order valence-corrected chi connectivity index (χ1v) is 7.32. The second-order valence-corrected chi connectivity index (χ2v) is 6.09. The molecule has 0 spiro atoms. The summed E-state index contributed by atoms with van der Waals surface area (Å²) in [6, 6.07) is 3.65. The molecule has 0 bridgehead atoms. The highest BCUT2D eigenvalue weighted by atomic mass is 127. The zero-order chi connectivity index (χ0) is 13.1. The minimum Gasteiger partial charge on any atom is -0.352 e. The molecule has 100 valence electrons. The molecule has 1 aliphatic heterocycles. The maximum atomic E-state index is 13.6. The standard InChI is InChI=1S/C14H18FIO2/c1-9-7-17-14(18-8-9)4-3-11-5-12(15)10(2)13(16)6-11/h5-6,9,14H,3-4,7-8H2,1-2H3. The summed E-state index contributed by atoms with van der Waals surface area (Å²) in [6.45, 7) is 5.42. The highest BCUT2D eigenvalue weighted by molar-refractivity contribution is 14.1. The van der Waals surface area contributed by atoms with Gasteiger partial charge in [0.1, 0.15) is 5.82 Å². The summed E-state index contributed by atoms with van der Waals surface area (Å²) < 4.78 is 25.7. The van der Waals surface area contributed by atoms with E-state index in [2.05, 4.69) is 29.5 Å². The van der Waals surface area contributed by atoms with Crippen LogP contribution in [0, 0.1) is 22.2 Å². The third kappa shape index (κ3) is 3.65. The maximum absolute atomic E-state index is 13.6. The Labute approximate surface area is 121 Å². The Kier molecular flexibility index (Phi) is 4.98. The van der Waals surface area contributed by atoms with Crippen LogP contribution in [0.25, 0.3) is 0 Å². The number of benzene rings is 1. The first kappa shape index (κ1) is 14.2. The monoisotopic (exact) mass is 364 g/mol. The SMILES string of the molecule is Cc1c(F)cc(CCC2OCC(C)CO2)cc1I. The number of hydrogen-bond acceptors (Lipinski definition) is 2. The Hall–Kier alpha value is -0.200. The molecule has 1 aliphatic rings. The van der Waals surface area contributed by atoms with Gasteiger partial charge < -0.3 is 9.47 Å². The summed E-state index contributed by atoms with van der Waals surface area (Å²) in [5.74, 6) is 0.343. The molecule has 1 aromatic carbocycles. The highest BCUT2D eigenvalue weighted by Gasteiger charge is 2.19. The van der Waals surface area contributed by atoms with E-state index in [0.717, 1.165) is 40.8 Å². The molecule has 2 rings (SSSR count). The average Bonchev–Trinajstić information content (AvgIpc) is 2.35. The van der Waals surface area contributed by atoms with E-state index in [1.54, 1.807) is 13.0 Å². The van der Waals surface area contributed by atoms with E-state index in [4.69, 9.17) is 9.47 Å². The Morgan fingerprint density at radius 2 is 2.00 bits per heavy atom. The van der Waals surface area contributed by atoms with Gasteiger partial charge in [-0.2, -0.15) is 0 Å². The molecule has 18 heavy (non-hydrogen) atoms. The van der Waals surface area contributed by atoms with Crippen molar-refractivity contribution in [1.82, 2.24) is 0 Å². The largest absolute Gasteiger partial charge is 0.352 e. The van der Waals surface area contributed by atoms with E-state index in [0.29, 0.717) is 5.92 Å². The fourth-order valence-corrected chi connectivity index (χ4v) is 2.59. The average molecular weight is 364 g/mol. The van der Waals surface area contributed by atoms with Crippen molar-refractivity contribution in [3.05, 3.63) is 32.6 Å². The third-order valence-electron chi connectivity index (χ3n) is 3.14. The van der Waals surface area contributed by atoms with Gasteiger partial charge in [-0.1, -0.05) is 6.92 Å². The molecule has 0 amide bonds. The molecule has 2 nitrogen and oxygen atoms in total. The molecule has 1 saturated heterocycles. The van der Waals surface area contributed by atoms with E-state index in [1.165, 1.54) is 0 Å². The van der Waals surface area contributed by atoms with Crippen LogP contribution in [-0.4, -0.2) is 19.5 Å². The Bertz CT molecular complexity index is 391. The summed E-state index contributed by atoms with van der Waals surface area (Å²) >= 11 is 2.17. The Morgan fingerprint density at radius 1 is 1.33 bits per heavy atom. The molecule has 0 radical (unpaired) electrons. The lowest BCUT2D eigenvalue weighted by Gasteiger charge is -2.27. The molecule has 1 heterocycles. The molecule has 4 heteroatoms. The van der Waals surface area contributed by atoms with E-state index >= 15 is 0 Å². The molecule has 0 aromatic heterocycles. The van der Waals surface area contributed by atoms with E-state index < -0.39 is 0 Å². The van der Waals surface area contributed by atoms with E-state index in [9.17, 15) is 4.39 Å². The van der Waals surface area contributed by atoms with Gasteiger partial charge in [-0.25, -0.2) is 4.39 Å². The molecule has 0 unspecified atom stereocenters. The molecule has 1 aromatic rings. The van der Waals surface area contributed by atoms with Gasteiger partial charge >= 0.3 is 0 Å². The highest BCUT2D eigenvalue weighted by Crippen LogP contribution is 2.20. The van der Waals surface area contributed by atoms with Crippen molar-refractivity contribution in [3.63, 3.8) is 0 Å². The quantitative estimate of drug-likeness (QED) is 0.762. The lowest BCUT2D eigenvalue weighted by molar-refractivity contribution is -0.199. The first-order chi connectivity index (χ1) is 8.56. The van der Waals surface area contributed by atoms with Crippen LogP contribution >= 0.6 is 22.6 Å². The van der Waals surface area contributed by atoms with Crippen LogP contribution in [0.2, 0.25) is 0 Å². The predicted molar refractivity (Wildman–Crippen MR) is 77.0 cm³/mol. The fourth-order valence-electron chi connectivity index (χ4n) is 1.93. The van der Waals surface area contributed by atoms with Crippen LogP contribution in [0.5, 0.6) is 0 Å². The van der Waals surface area contributed by atoms with Crippen molar-refractivity contribution < 1.29 is 13.9 Å². The van der Waals surface area contributed by atoms with Crippen molar-refractivity contribution in [2.24, 2.45) is 5.92 Å². The van der Waals surface area contributed by atoms with E-state index in [1.807, 2.05) is 6.07 Å². The summed E-state index contributed by atoms with van der Waals surface area (Å²) in [7, 11) is 0. The van der Waals surface area contributed by atoms with Crippen molar-refractivity contribution in [3.8, 4) is 0 Å². The third-order valence-corrected chi connectivity index (χ3v) is 4.26. The maximum Gasteiger partial charge on any atom is 0.157 e. The predicted octanol–water partition coefficient (Wildman–Crippen LogP) is 3.68. The van der Waals surface area contributed by atoms with Gasteiger partial charge in [-0.05, 0) is 59.2 Å². The minimum absolute atomic E-state index is 0.129. The summed E-state index contributed by atoms with van der Waals surface area (Å²) in [5, 5.41) is 0. The van der Waals surface area contributed by atoms with Crippen LogP contribution in [0.3, 0.4) is 0 Å². The number of halogens is 2. The number of aryl methyl sites for hydroxylation is 1. The van der Waals surface area contributed by atoms with Crippen molar-refractivity contribution >= 4 is 22.6 Å². The lowest BCUT2D eigenvalue weighted by atomic mass is 10.1. The van der Waals surface area contributed by atoms with Gasteiger partial charge in [0.05, 0.1) is 13.2 Å². The molecule has 0 saturated carbocycles. The smallest absolute Gasteiger partial charge is 0.157 e. The number of rotatable bonds is 3. The van der Waals surface area contributed by atoms with E-state index in [-0.39, 0.29) is 12.1 Å². The lowest BCUT2D eigenvalue weighted by Crippen LogP contribution is -2.30. The van der Waals surface area contributed by atoms with Crippen LogP contribution in [0.15, 0.2) is 12.1 Å². The zero-order valence-corrected chi connectivity index (χ0v) is 12.9. The molecule has 0 atom stereocenters. The molecule has 1 fully saturated rings. The van der Waals surface area contributed by atoms with Gasteiger partial charge in [-0.15, -0.1) is 0 Å². The minimum atomic E-state index is -0.136. The van der Waals surface area contributed by atoms with Gasteiger partial charge in [0.25, 0.3) is 0 Å². The molecule has 0 aliphatic carbocycles. The van der Waals surface area contributed by atoms with Crippen molar-refractivity contribution in [1.29, 1.82) is 0 Å². The summed E-state index contributed by atoms with van der Waals surface area (Å²) in [5.41, 5.74) is 1.73. The van der Waals surface area contributed by atoms with Crippen LogP contribution in [-0.2, 0) is 15.9 Å². The second-order valence-electron chi connectivity index (χ2n) is 4.92. The number of ether oxygens (including phenoxy) is 2. The zero-order valence-electron chi connectivity index (χ0n) is 10.7. The second kappa shape index (κ2) is 6.30. The number of hydrogen-bond donors (Lipinski definition) is 0.